The molecule has 0 aliphatic carbocycles. The molecule has 0 rings (SSSR count). The topological polar surface area (TPSA) is 130 Å². The van der Waals surface area contributed by atoms with Crippen molar-refractivity contribution in [1.82, 2.24) is 6.15 Å². The second-order valence-corrected chi connectivity index (χ2v) is 16.1. The second kappa shape index (κ2) is 18.0. The van der Waals surface area contributed by atoms with Crippen molar-refractivity contribution in [3.8, 4) is 0 Å². The molecule has 0 aliphatic heterocycles. The van der Waals surface area contributed by atoms with E-state index in [9.17, 15) is 4.79 Å². The Morgan fingerprint density at radius 2 is 0.895 bits per heavy atom. The van der Waals surface area contributed by atoms with Crippen LogP contribution in [-0.2, 0) is 4.79 Å². The van der Waals surface area contributed by atoms with E-state index in [0.29, 0.717) is 47.0 Å². The van der Waals surface area contributed by atoms with Crippen molar-refractivity contribution in [2.24, 2.45) is 56.0 Å². The molecule has 38 heavy (non-hydrogen) atoms. The molecule has 0 bridgehead atoms. The van der Waals surface area contributed by atoms with Gasteiger partial charge in [-0.2, -0.15) is 0 Å². The lowest BCUT2D eigenvalue weighted by Crippen LogP contribution is -2.36. The smallest absolute Gasteiger partial charge is 0.120 e. The van der Waals surface area contributed by atoms with E-state index < -0.39 is 0 Å². The molecule has 0 aromatic rings. The van der Waals surface area contributed by atoms with Crippen molar-refractivity contribution in [2.45, 2.75) is 144 Å². The third kappa shape index (κ3) is 14.8. The number of carbonyl (C=O) groups excluding carboxylic acids is 1. The lowest BCUT2D eigenvalue weighted by Gasteiger charge is -2.43. The second-order valence-electron chi connectivity index (χ2n) is 16.1. The Hall–Kier alpha value is -0.490. The molecule has 0 spiro atoms. The van der Waals surface area contributed by atoms with E-state index in [0.717, 1.165) is 25.7 Å². The van der Waals surface area contributed by atoms with Crippen molar-refractivity contribution in [2.75, 3.05) is 13.2 Å². The molecule has 0 heterocycles. The van der Waals surface area contributed by atoms with E-state index in [1.54, 1.807) is 0 Å². The molecule has 0 saturated heterocycles. The van der Waals surface area contributed by atoms with Crippen LogP contribution >= 0.6 is 0 Å². The first-order valence-corrected chi connectivity index (χ1v) is 14.4. The predicted molar refractivity (Wildman–Crippen MR) is 174 cm³/mol. The van der Waals surface area contributed by atoms with Gasteiger partial charge in [0.1, 0.15) is 6.29 Å². The molecule has 0 fully saturated rings. The van der Waals surface area contributed by atoms with Gasteiger partial charge in [0, 0.05) is 14.5 Å². The summed E-state index contributed by atoms with van der Waals surface area (Å²) in [6, 6.07) is 0. The van der Waals surface area contributed by atoms with Crippen LogP contribution in [0.25, 0.3) is 0 Å². The fraction of sp³-hybridized carbons (Fsp3) is 0.970. The normalized spacial score (nSPS) is 15.3. The number of rotatable bonds is 9. The first-order valence-electron chi connectivity index (χ1n) is 14.4. The Morgan fingerprint density at radius 3 is 1.11 bits per heavy atom. The summed E-state index contributed by atoms with van der Waals surface area (Å²) >= 11 is 0. The van der Waals surface area contributed by atoms with Gasteiger partial charge >= 0.3 is 0 Å². The van der Waals surface area contributed by atoms with Crippen LogP contribution in [0, 0.1) is 50.2 Å². The fourth-order valence-electron chi connectivity index (χ4n) is 3.82. The van der Waals surface area contributed by atoms with Gasteiger partial charge in [-0.25, -0.2) is 0 Å². The first kappa shape index (κ1) is 47.3. The third-order valence-corrected chi connectivity index (χ3v) is 11.1. The molecule has 238 valence electrons. The summed E-state index contributed by atoms with van der Waals surface area (Å²) in [5.41, 5.74) is 7.37. The van der Waals surface area contributed by atoms with Crippen LogP contribution in [0.2, 0.25) is 0 Å². The Morgan fingerprint density at radius 1 is 0.632 bits per heavy atom. The summed E-state index contributed by atoms with van der Waals surface area (Å²) in [6.07, 6.45) is 3.73. The van der Waals surface area contributed by atoms with Gasteiger partial charge in [-0.05, 0) is 69.6 Å². The molecule has 0 aromatic carbocycles. The number of nitrogens with two attached hydrogens (primary N) is 1. The molecule has 5 nitrogen and oxygen atoms in total. The molecule has 0 aliphatic rings. The van der Waals surface area contributed by atoms with Crippen LogP contribution in [-0.4, -0.2) is 30.0 Å². The SMILES string of the molecule is CC(CC=O)C(C)(C)C(C)(C)C.CC(CCN)C(C)(C)C(C)(C)C.CC(CCO)C(C)(C)C(C)(C)C.N.O.[HH]. The highest BCUT2D eigenvalue weighted by Gasteiger charge is 2.38. The molecule has 5 heteroatoms. The van der Waals surface area contributed by atoms with E-state index in [-0.39, 0.29) is 29.3 Å². The lowest BCUT2D eigenvalue weighted by atomic mass is 9.62. The lowest BCUT2D eigenvalue weighted by molar-refractivity contribution is -0.110. The molecule has 0 amide bonds. The van der Waals surface area contributed by atoms with Crippen LogP contribution in [0.15, 0.2) is 0 Å². The number of aldehydes is 1. The maximum atomic E-state index is 10.4. The van der Waals surface area contributed by atoms with Crippen LogP contribution in [0.4, 0.5) is 0 Å². The average molecular weight is 551 g/mol. The first-order chi connectivity index (χ1) is 15.7. The largest absolute Gasteiger partial charge is 0.412 e. The minimum absolute atomic E-state index is 0. The van der Waals surface area contributed by atoms with Gasteiger partial charge in [0.25, 0.3) is 0 Å². The summed E-state index contributed by atoms with van der Waals surface area (Å²) in [6.45, 7) is 41.9. The summed E-state index contributed by atoms with van der Waals surface area (Å²) < 4.78 is 0. The van der Waals surface area contributed by atoms with Crippen molar-refractivity contribution >= 4 is 6.29 Å². The van der Waals surface area contributed by atoms with Gasteiger partial charge in [-0.1, -0.05) is 125 Å². The van der Waals surface area contributed by atoms with Gasteiger partial charge in [-0.3, -0.25) is 0 Å². The van der Waals surface area contributed by atoms with E-state index in [1.165, 1.54) is 0 Å². The van der Waals surface area contributed by atoms with Crippen molar-refractivity contribution in [1.29, 1.82) is 0 Å². The van der Waals surface area contributed by atoms with E-state index in [2.05, 4.69) is 125 Å². The van der Waals surface area contributed by atoms with Crippen molar-refractivity contribution < 1.29 is 16.8 Å². The van der Waals surface area contributed by atoms with Gasteiger partial charge in [-0.15, -0.1) is 0 Å². The molecule has 3 unspecified atom stereocenters. The Kier molecular flexibility index (Phi) is 22.5. The highest BCUT2D eigenvalue weighted by Crippen LogP contribution is 2.46. The Bertz CT molecular complexity index is 564. The van der Waals surface area contributed by atoms with Crippen molar-refractivity contribution in [3.05, 3.63) is 0 Å². The molecule has 0 radical (unpaired) electrons. The maximum Gasteiger partial charge on any atom is 0.120 e. The number of carbonyl (C=O) groups is 1. The number of aliphatic hydroxyl groups excluding tert-OH is 1. The van der Waals surface area contributed by atoms with Crippen LogP contribution in [0.3, 0.4) is 0 Å². The predicted octanol–water partition coefficient (Wildman–Crippen LogP) is 8.99. The van der Waals surface area contributed by atoms with Gasteiger partial charge in [0.05, 0.1) is 0 Å². The average Bonchev–Trinajstić information content (AvgIpc) is 2.66. The fourth-order valence-corrected chi connectivity index (χ4v) is 3.82. The van der Waals surface area contributed by atoms with Crippen LogP contribution < -0.4 is 11.9 Å². The maximum absolute atomic E-state index is 10.4. The zero-order valence-electron chi connectivity index (χ0n) is 29.5. The molecular weight excluding hydrogens is 472 g/mol. The van der Waals surface area contributed by atoms with E-state index in [4.69, 9.17) is 10.8 Å². The highest BCUT2D eigenvalue weighted by atomic mass is 16.3. The summed E-state index contributed by atoms with van der Waals surface area (Å²) in [5, 5.41) is 8.87. The number of hydrogen-bond donors (Lipinski definition) is 3. The number of hydrogen-bond acceptors (Lipinski definition) is 4. The minimum atomic E-state index is 0. The highest BCUT2D eigenvalue weighted by molar-refractivity contribution is 5.49. The van der Waals surface area contributed by atoms with E-state index >= 15 is 0 Å². The molecule has 3 atom stereocenters. The van der Waals surface area contributed by atoms with Gasteiger partial charge < -0.3 is 27.3 Å². The molecule has 0 saturated carbocycles. The summed E-state index contributed by atoms with van der Waals surface area (Å²) in [4.78, 5) is 10.4. The summed E-state index contributed by atoms with van der Waals surface area (Å²) in [5.74, 6) is 1.72. The van der Waals surface area contributed by atoms with Crippen molar-refractivity contribution in [3.63, 3.8) is 0 Å². The van der Waals surface area contributed by atoms with E-state index in [1.807, 2.05) is 0 Å². The Labute approximate surface area is 242 Å². The standard InChI is InChI=1S/C11H25N.C11H24O.C11H22O.H3N.H2O.H2/c3*1-9(7-8-12)11(5,6)10(2,3)4;;;/h9H,7-8,12H2,1-6H3;9,12H,7-8H2,1-6H3;8-9H,7H2,1-6H3;1H3;1H2;1H. The van der Waals surface area contributed by atoms with Gasteiger partial charge in [0.15, 0.2) is 0 Å². The van der Waals surface area contributed by atoms with Crippen LogP contribution in [0.1, 0.15) is 145 Å². The zero-order chi connectivity index (χ0) is 30.0. The Balaban J connectivity index is -0.000000101. The molecule has 8 N–H and O–H groups in total. The molecular formula is C33H78N2O3. The quantitative estimate of drug-likeness (QED) is 0.247. The van der Waals surface area contributed by atoms with Crippen LogP contribution in [0.5, 0.6) is 0 Å². The molecule has 0 aromatic heterocycles. The van der Waals surface area contributed by atoms with Gasteiger partial charge in [0.2, 0.25) is 0 Å². The minimum Gasteiger partial charge on any atom is -0.412 e. The summed E-state index contributed by atoms with van der Waals surface area (Å²) in [7, 11) is 0. The zero-order valence-corrected chi connectivity index (χ0v) is 29.5. The number of aliphatic hydroxyl groups is 1. The monoisotopic (exact) mass is 551 g/mol. The third-order valence-electron chi connectivity index (χ3n) is 11.1.